The molecule has 0 saturated carbocycles. The van der Waals surface area contributed by atoms with Crippen molar-refractivity contribution in [3.8, 4) is 0 Å². The normalized spacial score (nSPS) is 25.3. The summed E-state index contributed by atoms with van der Waals surface area (Å²) in [5.74, 6) is 0.297. The Balaban J connectivity index is 0.00000120. The van der Waals surface area contributed by atoms with Crippen LogP contribution in [0.3, 0.4) is 0 Å². The van der Waals surface area contributed by atoms with Gasteiger partial charge in [0.2, 0.25) is 5.91 Å². The van der Waals surface area contributed by atoms with Gasteiger partial charge in [0.1, 0.15) is 0 Å². The molecule has 0 radical (unpaired) electrons. The first-order chi connectivity index (χ1) is 8.34. The van der Waals surface area contributed by atoms with Gasteiger partial charge in [-0.25, -0.2) is 0 Å². The fourth-order valence-electron chi connectivity index (χ4n) is 2.77. The van der Waals surface area contributed by atoms with E-state index in [0.717, 1.165) is 32.4 Å². The van der Waals surface area contributed by atoms with E-state index in [4.69, 9.17) is 0 Å². The summed E-state index contributed by atoms with van der Waals surface area (Å²) in [5, 5.41) is 6.48. The Hall–Kier alpha value is -1.06. The smallest absolute Gasteiger partial charge is 0.228 e. The van der Waals surface area contributed by atoms with Crippen molar-refractivity contribution in [1.82, 2.24) is 10.6 Å². The standard InChI is InChI=1S/C14H18N2O.ClH/c17-14(16-11-5-3-7-15-9-11)13-8-10-4-1-2-6-12(10)13;/h1-2,4,6,11,13,15H,3,5,7-9H2,(H,16,17);1H. The summed E-state index contributed by atoms with van der Waals surface area (Å²) in [6.45, 7) is 2.00. The molecule has 1 heterocycles. The molecule has 1 aliphatic carbocycles. The zero-order valence-corrected chi connectivity index (χ0v) is 11.1. The first-order valence-corrected chi connectivity index (χ1v) is 6.43. The largest absolute Gasteiger partial charge is 0.352 e. The van der Waals surface area contributed by atoms with Crippen LogP contribution >= 0.6 is 12.4 Å². The lowest BCUT2D eigenvalue weighted by molar-refractivity contribution is -0.123. The highest BCUT2D eigenvalue weighted by Crippen LogP contribution is 2.34. The van der Waals surface area contributed by atoms with E-state index in [1.165, 1.54) is 11.1 Å². The van der Waals surface area contributed by atoms with E-state index >= 15 is 0 Å². The second kappa shape index (κ2) is 5.72. The van der Waals surface area contributed by atoms with Crippen molar-refractivity contribution in [2.75, 3.05) is 13.1 Å². The van der Waals surface area contributed by atoms with E-state index in [9.17, 15) is 4.79 Å². The van der Waals surface area contributed by atoms with Gasteiger partial charge < -0.3 is 10.6 Å². The monoisotopic (exact) mass is 266 g/mol. The Morgan fingerprint density at radius 3 is 2.89 bits per heavy atom. The van der Waals surface area contributed by atoms with Crippen LogP contribution in [0.1, 0.15) is 29.9 Å². The van der Waals surface area contributed by atoms with Gasteiger partial charge in [0.05, 0.1) is 5.92 Å². The highest BCUT2D eigenvalue weighted by molar-refractivity contribution is 5.87. The molecular formula is C14H19ClN2O. The molecule has 0 aromatic heterocycles. The Labute approximate surface area is 114 Å². The van der Waals surface area contributed by atoms with Crippen molar-refractivity contribution in [2.24, 2.45) is 0 Å². The molecule has 98 valence electrons. The summed E-state index contributed by atoms with van der Waals surface area (Å²) >= 11 is 0. The zero-order chi connectivity index (χ0) is 11.7. The van der Waals surface area contributed by atoms with Gasteiger partial charge in [0, 0.05) is 12.6 Å². The van der Waals surface area contributed by atoms with Gasteiger partial charge in [-0.2, -0.15) is 0 Å². The molecule has 0 bridgehead atoms. The molecule has 1 aromatic rings. The number of piperidine rings is 1. The molecule has 3 rings (SSSR count). The van der Waals surface area contributed by atoms with Gasteiger partial charge in [-0.05, 0) is 36.9 Å². The Bertz CT molecular complexity index is 430. The number of fused-ring (bicyclic) bond motifs is 1. The van der Waals surface area contributed by atoms with Gasteiger partial charge in [-0.3, -0.25) is 4.79 Å². The molecule has 1 saturated heterocycles. The number of halogens is 1. The number of benzene rings is 1. The maximum atomic E-state index is 12.1. The van der Waals surface area contributed by atoms with E-state index in [2.05, 4.69) is 22.8 Å². The second-order valence-corrected chi connectivity index (χ2v) is 5.01. The Morgan fingerprint density at radius 2 is 2.17 bits per heavy atom. The zero-order valence-electron chi connectivity index (χ0n) is 10.3. The molecule has 2 aliphatic rings. The van der Waals surface area contributed by atoms with Crippen LogP contribution in [0.2, 0.25) is 0 Å². The number of nitrogens with one attached hydrogen (secondary N) is 2. The van der Waals surface area contributed by atoms with Crippen LogP contribution < -0.4 is 10.6 Å². The summed E-state index contributed by atoms with van der Waals surface area (Å²) in [4.78, 5) is 12.1. The summed E-state index contributed by atoms with van der Waals surface area (Å²) in [7, 11) is 0. The lowest BCUT2D eigenvalue weighted by Gasteiger charge is -2.32. The molecule has 18 heavy (non-hydrogen) atoms. The van der Waals surface area contributed by atoms with Crippen LogP contribution in [0.5, 0.6) is 0 Å². The van der Waals surface area contributed by atoms with Crippen LogP contribution in [0, 0.1) is 0 Å². The maximum Gasteiger partial charge on any atom is 0.228 e. The number of carbonyl (C=O) groups is 1. The van der Waals surface area contributed by atoms with Crippen molar-refractivity contribution in [1.29, 1.82) is 0 Å². The average molecular weight is 267 g/mol. The summed E-state index contributed by atoms with van der Waals surface area (Å²) in [6, 6.07) is 8.56. The number of carbonyl (C=O) groups excluding carboxylic acids is 1. The predicted octanol–water partition coefficient (Wildman–Crippen LogP) is 1.62. The molecule has 4 heteroatoms. The minimum absolute atomic E-state index is 0. The summed E-state index contributed by atoms with van der Waals surface area (Å²) in [6.07, 6.45) is 3.17. The predicted molar refractivity (Wildman–Crippen MR) is 74.2 cm³/mol. The van der Waals surface area contributed by atoms with E-state index in [-0.39, 0.29) is 24.2 Å². The molecule has 2 unspecified atom stereocenters. The fourth-order valence-corrected chi connectivity index (χ4v) is 2.77. The molecule has 3 nitrogen and oxygen atoms in total. The topological polar surface area (TPSA) is 41.1 Å². The van der Waals surface area contributed by atoms with Crippen molar-refractivity contribution >= 4 is 18.3 Å². The third-order valence-corrected chi connectivity index (χ3v) is 3.81. The highest BCUT2D eigenvalue weighted by Gasteiger charge is 2.32. The average Bonchev–Trinajstić information content (AvgIpc) is 2.32. The molecular weight excluding hydrogens is 248 g/mol. The Morgan fingerprint density at radius 1 is 1.33 bits per heavy atom. The molecule has 0 spiro atoms. The van der Waals surface area contributed by atoms with Gasteiger partial charge in [0.25, 0.3) is 0 Å². The minimum Gasteiger partial charge on any atom is -0.352 e. The minimum atomic E-state index is 0. The highest BCUT2D eigenvalue weighted by atomic mass is 35.5. The maximum absolute atomic E-state index is 12.1. The van der Waals surface area contributed by atoms with Gasteiger partial charge in [-0.15, -0.1) is 12.4 Å². The molecule has 2 atom stereocenters. The molecule has 2 N–H and O–H groups in total. The SMILES string of the molecule is Cl.O=C(NC1CCCNC1)C1Cc2ccccc21. The Kier molecular flexibility index (Phi) is 4.25. The number of hydrogen-bond acceptors (Lipinski definition) is 2. The third kappa shape index (κ3) is 2.52. The van der Waals surface area contributed by atoms with Crippen molar-refractivity contribution in [2.45, 2.75) is 31.2 Å². The molecule has 1 aromatic carbocycles. The van der Waals surface area contributed by atoms with Crippen molar-refractivity contribution in [3.63, 3.8) is 0 Å². The van der Waals surface area contributed by atoms with E-state index in [1.54, 1.807) is 0 Å². The first kappa shape index (κ1) is 13.4. The van der Waals surface area contributed by atoms with Crippen LogP contribution in [0.4, 0.5) is 0 Å². The van der Waals surface area contributed by atoms with Crippen molar-refractivity contribution < 1.29 is 4.79 Å². The van der Waals surface area contributed by atoms with Crippen LogP contribution in [-0.2, 0) is 11.2 Å². The number of hydrogen-bond donors (Lipinski definition) is 2. The third-order valence-electron chi connectivity index (χ3n) is 3.81. The van der Waals surface area contributed by atoms with Gasteiger partial charge in [0.15, 0.2) is 0 Å². The van der Waals surface area contributed by atoms with Crippen LogP contribution in [0.25, 0.3) is 0 Å². The first-order valence-electron chi connectivity index (χ1n) is 6.43. The summed E-state index contributed by atoms with van der Waals surface area (Å²) < 4.78 is 0. The summed E-state index contributed by atoms with van der Waals surface area (Å²) in [5.41, 5.74) is 2.54. The molecule has 1 fully saturated rings. The number of amides is 1. The van der Waals surface area contributed by atoms with E-state index < -0.39 is 0 Å². The van der Waals surface area contributed by atoms with E-state index in [0.29, 0.717) is 6.04 Å². The molecule has 1 aliphatic heterocycles. The van der Waals surface area contributed by atoms with Gasteiger partial charge in [-0.1, -0.05) is 24.3 Å². The van der Waals surface area contributed by atoms with E-state index in [1.807, 2.05) is 12.1 Å². The number of rotatable bonds is 2. The molecule has 1 amide bonds. The van der Waals surface area contributed by atoms with Crippen molar-refractivity contribution in [3.05, 3.63) is 35.4 Å². The lowest BCUT2D eigenvalue weighted by atomic mass is 9.77. The lowest BCUT2D eigenvalue weighted by Crippen LogP contribution is -2.48. The van der Waals surface area contributed by atoms with Crippen LogP contribution in [0.15, 0.2) is 24.3 Å². The second-order valence-electron chi connectivity index (χ2n) is 5.01. The van der Waals surface area contributed by atoms with Gasteiger partial charge >= 0.3 is 0 Å². The fraction of sp³-hybridized carbons (Fsp3) is 0.500. The quantitative estimate of drug-likeness (QED) is 0.854. The van der Waals surface area contributed by atoms with Crippen LogP contribution in [-0.4, -0.2) is 25.0 Å².